The fourth-order valence-electron chi connectivity index (χ4n) is 1.43. The molecule has 0 radical (unpaired) electrons. The van der Waals surface area contributed by atoms with Crippen LogP contribution in [-0.4, -0.2) is 69.3 Å². The average molecular weight is 316 g/mol. The van der Waals surface area contributed by atoms with Gasteiger partial charge in [-0.05, 0) is 6.92 Å². The molecule has 1 aliphatic rings. The Morgan fingerprint density at radius 2 is 1.71 bits per heavy atom. The molecule has 0 saturated carbocycles. The van der Waals surface area contributed by atoms with Gasteiger partial charge in [0.25, 0.3) is 0 Å². The molecule has 1 aliphatic heterocycles. The predicted octanol–water partition coefficient (Wildman–Crippen LogP) is -0.535. The van der Waals surface area contributed by atoms with Gasteiger partial charge in [-0.3, -0.25) is 4.48 Å². The van der Waals surface area contributed by atoms with Crippen molar-refractivity contribution in [2.24, 2.45) is 0 Å². The zero-order valence-corrected chi connectivity index (χ0v) is 11.9. The molecule has 1 heterocycles. The number of quaternary nitrogens is 1. The van der Waals surface area contributed by atoms with Gasteiger partial charge in [-0.1, -0.05) is 0 Å². The molecular formula is C11H19F3N2O5. The van der Waals surface area contributed by atoms with Crippen molar-refractivity contribution in [3.63, 3.8) is 0 Å². The Morgan fingerprint density at radius 1 is 1.24 bits per heavy atom. The molecule has 1 saturated heterocycles. The zero-order valence-electron chi connectivity index (χ0n) is 11.9. The number of hydrogen-bond acceptors (Lipinski definition) is 6. The topological polar surface area (TPSA) is 87.7 Å². The highest BCUT2D eigenvalue weighted by atomic mass is 19.4. The van der Waals surface area contributed by atoms with Crippen LogP contribution < -0.4 is 10.4 Å². The van der Waals surface area contributed by atoms with E-state index in [2.05, 4.69) is 12.4 Å². The Hall–Kier alpha value is -1.55. The molecular weight excluding hydrogens is 297 g/mol. The number of carbonyl (C=O) groups is 2. The number of carboxylic acid groups (broad SMARTS) is 1. The summed E-state index contributed by atoms with van der Waals surface area (Å²) in [6, 6.07) is 0. The molecule has 1 N–H and O–H groups in total. The summed E-state index contributed by atoms with van der Waals surface area (Å²) in [5.74, 6) is -3.01. The highest BCUT2D eigenvalue weighted by Crippen LogP contribution is 2.11. The maximum absolute atomic E-state index is 11.0. The summed E-state index contributed by atoms with van der Waals surface area (Å²) in [5, 5.41) is 12.1. The van der Waals surface area contributed by atoms with Gasteiger partial charge in [0.15, 0.2) is 0 Å². The standard InChI is InChI=1S/C9H19N2O3.C2HF3O2/c1-3-13-9(12)14-8-11(2)6-4-10-5-7-11;3-2(4,5)1(6)7/h10H,3-8H2,1-2H3;(H,6,7)/q+1;/p-1. The maximum Gasteiger partial charge on any atom is 0.512 e. The molecule has 0 unspecified atom stereocenters. The van der Waals surface area contributed by atoms with Gasteiger partial charge in [-0.25, -0.2) is 4.79 Å². The fourth-order valence-corrected chi connectivity index (χ4v) is 1.43. The summed E-state index contributed by atoms with van der Waals surface area (Å²) in [7, 11) is 2.08. The van der Waals surface area contributed by atoms with Gasteiger partial charge in [0, 0.05) is 13.1 Å². The maximum atomic E-state index is 11.0. The van der Waals surface area contributed by atoms with Gasteiger partial charge >= 0.3 is 12.3 Å². The van der Waals surface area contributed by atoms with E-state index in [1.807, 2.05) is 0 Å². The number of halogens is 3. The third kappa shape index (κ3) is 9.08. The van der Waals surface area contributed by atoms with E-state index in [0.29, 0.717) is 13.3 Å². The molecule has 0 aromatic carbocycles. The molecule has 0 atom stereocenters. The van der Waals surface area contributed by atoms with E-state index in [1.165, 1.54) is 0 Å². The van der Waals surface area contributed by atoms with Crippen molar-refractivity contribution in [3.8, 4) is 0 Å². The fraction of sp³-hybridized carbons (Fsp3) is 0.818. The van der Waals surface area contributed by atoms with Crippen molar-refractivity contribution in [3.05, 3.63) is 0 Å². The van der Waals surface area contributed by atoms with E-state index in [-0.39, 0.29) is 0 Å². The quantitative estimate of drug-likeness (QED) is 0.556. The van der Waals surface area contributed by atoms with Crippen LogP contribution in [0, 0.1) is 0 Å². The molecule has 1 rings (SSSR count). The largest absolute Gasteiger partial charge is 0.542 e. The highest BCUT2D eigenvalue weighted by molar-refractivity contribution is 5.70. The minimum atomic E-state index is -5.19. The second-order valence-electron chi connectivity index (χ2n) is 4.56. The Kier molecular flexibility index (Phi) is 8.03. The number of carbonyl (C=O) groups excluding carboxylic acids is 2. The van der Waals surface area contributed by atoms with E-state index in [0.717, 1.165) is 30.7 Å². The van der Waals surface area contributed by atoms with E-state index in [4.69, 9.17) is 19.4 Å². The van der Waals surface area contributed by atoms with Crippen LogP contribution in [0.2, 0.25) is 0 Å². The first-order chi connectivity index (χ1) is 9.60. The number of carboxylic acids is 1. The summed E-state index contributed by atoms with van der Waals surface area (Å²) in [6.07, 6.45) is -5.76. The first kappa shape index (κ1) is 19.4. The normalized spacial score (nSPS) is 17.2. The lowest BCUT2D eigenvalue weighted by Gasteiger charge is -2.36. The molecule has 0 spiro atoms. The van der Waals surface area contributed by atoms with Crippen molar-refractivity contribution in [1.82, 2.24) is 5.32 Å². The second kappa shape index (κ2) is 8.67. The molecule has 10 heteroatoms. The number of nitrogens with zero attached hydrogens (tertiary/aromatic N) is 1. The number of piperazine rings is 1. The monoisotopic (exact) mass is 316 g/mol. The van der Waals surface area contributed by atoms with Crippen LogP contribution >= 0.6 is 0 Å². The number of aliphatic carboxylic acids is 1. The van der Waals surface area contributed by atoms with Crippen LogP contribution in [0.5, 0.6) is 0 Å². The average Bonchev–Trinajstić information content (AvgIpc) is 2.37. The van der Waals surface area contributed by atoms with Gasteiger partial charge in [0.05, 0.1) is 26.7 Å². The Bertz CT molecular complexity index is 343. The number of nitrogens with one attached hydrogen (secondary N) is 1. The van der Waals surface area contributed by atoms with Gasteiger partial charge in [0.2, 0.25) is 6.73 Å². The van der Waals surface area contributed by atoms with E-state index >= 15 is 0 Å². The van der Waals surface area contributed by atoms with Gasteiger partial charge in [-0.15, -0.1) is 0 Å². The number of likely N-dealkylation sites (N-methyl/N-ethyl adjacent to an activating group) is 1. The van der Waals surface area contributed by atoms with Crippen LogP contribution in [0.1, 0.15) is 6.92 Å². The van der Waals surface area contributed by atoms with Crippen LogP contribution in [0.4, 0.5) is 18.0 Å². The molecule has 0 aliphatic carbocycles. The number of hydrogen-bond donors (Lipinski definition) is 1. The highest BCUT2D eigenvalue weighted by Gasteiger charge is 2.29. The molecule has 0 aromatic rings. The third-order valence-electron chi connectivity index (χ3n) is 2.64. The first-order valence-electron chi connectivity index (χ1n) is 6.23. The SMILES string of the molecule is CCOC(=O)OC[N+]1(C)CCNCC1.O=C([O-])C(F)(F)F. The summed E-state index contributed by atoms with van der Waals surface area (Å²) in [4.78, 5) is 19.7. The first-order valence-corrected chi connectivity index (χ1v) is 6.23. The predicted molar refractivity (Wildman–Crippen MR) is 62.8 cm³/mol. The van der Waals surface area contributed by atoms with Crippen LogP contribution in [0.25, 0.3) is 0 Å². The van der Waals surface area contributed by atoms with Crippen LogP contribution in [-0.2, 0) is 14.3 Å². The van der Waals surface area contributed by atoms with Gasteiger partial charge in [0.1, 0.15) is 5.97 Å². The van der Waals surface area contributed by atoms with Crippen molar-refractivity contribution in [2.75, 3.05) is 46.6 Å². The number of rotatable bonds is 3. The summed E-state index contributed by atoms with van der Waals surface area (Å²) >= 11 is 0. The van der Waals surface area contributed by atoms with Crippen molar-refractivity contribution < 1.29 is 41.8 Å². The van der Waals surface area contributed by atoms with Crippen molar-refractivity contribution in [1.29, 1.82) is 0 Å². The van der Waals surface area contributed by atoms with E-state index in [9.17, 15) is 18.0 Å². The minimum Gasteiger partial charge on any atom is -0.542 e. The lowest BCUT2D eigenvalue weighted by Crippen LogP contribution is -2.57. The summed E-state index contributed by atoms with van der Waals surface area (Å²) in [5.41, 5.74) is 0. The molecule has 7 nitrogen and oxygen atoms in total. The molecule has 124 valence electrons. The van der Waals surface area contributed by atoms with Crippen LogP contribution in [0.15, 0.2) is 0 Å². The summed E-state index contributed by atoms with van der Waals surface area (Å²) in [6.45, 7) is 6.46. The van der Waals surface area contributed by atoms with Gasteiger partial charge in [-0.2, -0.15) is 13.2 Å². The molecule has 0 bridgehead atoms. The van der Waals surface area contributed by atoms with Gasteiger partial charge < -0.3 is 24.7 Å². The zero-order chi connectivity index (χ0) is 16.5. The van der Waals surface area contributed by atoms with E-state index in [1.54, 1.807) is 6.92 Å². The molecule has 0 aromatic heterocycles. The Labute approximate surface area is 120 Å². The summed E-state index contributed by atoms with van der Waals surface area (Å²) < 4.78 is 42.0. The smallest absolute Gasteiger partial charge is 0.512 e. The lowest BCUT2D eigenvalue weighted by molar-refractivity contribution is -0.927. The number of ether oxygens (including phenoxy) is 2. The Balaban J connectivity index is 0.000000486. The van der Waals surface area contributed by atoms with Crippen LogP contribution in [0.3, 0.4) is 0 Å². The Morgan fingerprint density at radius 3 is 2.10 bits per heavy atom. The number of alkyl halides is 3. The molecule has 0 amide bonds. The minimum absolute atomic E-state index is 0.365. The lowest BCUT2D eigenvalue weighted by atomic mass is 10.3. The third-order valence-corrected chi connectivity index (χ3v) is 2.64. The molecule has 1 fully saturated rings. The van der Waals surface area contributed by atoms with Crippen molar-refractivity contribution in [2.45, 2.75) is 13.1 Å². The molecule has 21 heavy (non-hydrogen) atoms. The second-order valence-corrected chi connectivity index (χ2v) is 4.56. The van der Waals surface area contributed by atoms with E-state index < -0.39 is 18.3 Å². The van der Waals surface area contributed by atoms with Crippen molar-refractivity contribution >= 4 is 12.1 Å².